The van der Waals surface area contributed by atoms with Crippen molar-refractivity contribution in [2.45, 2.75) is 70.6 Å². The number of carbonyl (C=O) groups is 1. The molecule has 2 rings (SSSR count). The fraction of sp³-hybridized carbons (Fsp3) is 0.933. The predicted octanol–water partition coefficient (Wildman–Crippen LogP) is 1.53. The molecule has 0 aromatic rings. The Labute approximate surface area is 116 Å². The lowest BCUT2D eigenvalue weighted by molar-refractivity contribution is -0.126. The van der Waals surface area contributed by atoms with Gasteiger partial charge in [-0.3, -0.25) is 9.69 Å². The quantitative estimate of drug-likeness (QED) is 0.813. The van der Waals surface area contributed by atoms with E-state index in [1.165, 1.54) is 19.3 Å². The molecule has 110 valence electrons. The van der Waals surface area contributed by atoms with Gasteiger partial charge in [0.1, 0.15) is 0 Å². The lowest BCUT2D eigenvalue weighted by Crippen LogP contribution is -2.48. The van der Waals surface area contributed by atoms with Gasteiger partial charge in [-0.15, -0.1) is 0 Å². The van der Waals surface area contributed by atoms with Crippen LogP contribution >= 0.6 is 0 Å². The first-order valence-electron chi connectivity index (χ1n) is 7.80. The van der Waals surface area contributed by atoms with E-state index in [1.54, 1.807) is 0 Å². The molecule has 4 nitrogen and oxygen atoms in total. The predicted molar refractivity (Wildman–Crippen MR) is 75.8 cm³/mol. The molecule has 1 amide bonds. The molecule has 0 aromatic heterocycles. The minimum Gasteiger partial charge on any atom is -0.393 e. The Balaban J connectivity index is 1.79. The monoisotopic (exact) mass is 268 g/mol. The maximum Gasteiger partial charge on any atom is 0.237 e. The first-order chi connectivity index (χ1) is 9.08. The first kappa shape index (κ1) is 14.8. The third-order valence-corrected chi connectivity index (χ3v) is 4.82. The SMILES string of the molecule is CC(O)C1CCN(C(C)C(=O)NC2CCCCC2)C1. The van der Waals surface area contributed by atoms with Crippen molar-refractivity contribution in [2.75, 3.05) is 13.1 Å². The molecule has 3 atom stereocenters. The Kier molecular flexibility index (Phi) is 5.22. The number of nitrogens with zero attached hydrogens (tertiary/aromatic N) is 1. The van der Waals surface area contributed by atoms with Crippen LogP contribution in [-0.2, 0) is 4.79 Å². The number of hydrogen-bond donors (Lipinski definition) is 2. The van der Waals surface area contributed by atoms with Gasteiger partial charge in [0.25, 0.3) is 0 Å². The summed E-state index contributed by atoms with van der Waals surface area (Å²) in [6.45, 7) is 5.61. The Bertz CT molecular complexity index is 301. The zero-order valence-electron chi connectivity index (χ0n) is 12.3. The zero-order valence-corrected chi connectivity index (χ0v) is 12.3. The highest BCUT2D eigenvalue weighted by atomic mass is 16.3. The minimum atomic E-state index is -0.265. The van der Waals surface area contributed by atoms with Crippen molar-refractivity contribution < 1.29 is 9.90 Å². The van der Waals surface area contributed by atoms with Crippen LogP contribution in [0.15, 0.2) is 0 Å². The highest BCUT2D eigenvalue weighted by molar-refractivity contribution is 5.81. The van der Waals surface area contributed by atoms with Crippen molar-refractivity contribution in [3.8, 4) is 0 Å². The van der Waals surface area contributed by atoms with Gasteiger partial charge in [-0.05, 0) is 45.6 Å². The average Bonchev–Trinajstić information content (AvgIpc) is 2.88. The van der Waals surface area contributed by atoms with Crippen molar-refractivity contribution in [1.29, 1.82) is 0 Å². The van der Waals surface area contributed by atoms with E-state index in [0.717, 1.165) is 32.4 Å². The number of rotatable bonds is 4. The Morgan fingerprint density at radius 2 is 1.89 bits per heavy atom. The molecule has 2 N–H and O–H groups in total. The molecule has 1 aliphatic carbocycles. The third kappa shape index (κ3) is 3.93. The van der Waals surface area contributed by atoms with Crippen molar-refractivity contribution in [3.05, 3.63) is 0 Å². The van der Waals surface area contributed by atoms with Crippen LogP contribution in [0.3, 0.4) is 0 Å². The second kappa shape index (κ2) is 6.71. The number of aliphatic hydroxyl groups is 1. The van der Waals surface area contributed by atoms with Crippen LogP contribution < -0.4 is 5.32 Å². The average molecular weight is 268 g/mol. The molecular formula is C15H28N2O2. The summed E-state index contributed by atoms with van der Waals surface area (Å²) >= 11 is 0. The summed E-state index contributed by atoms with van der Waals surface area (Å²) in [6, 6.07) is 0.324. The molecule has 1 aliphatic heterocycles. The van der Waals surface area contributed by atoms with Gasteiger partial charge in [-0.25, -0.2) is 0 Å². The highest BCUT2D eigenvalue weighted by Gasteiger charge is 2.32. The lowest BCUT2D eigenvalue weighted by atomic mass is 9.95. The van der Waals surface area contributed by atoms with Crippen LogP contribution in [0.1, 0.15) is 52.4 Å². The molecule has 1 saturated heterocycles. The molecule has 3 unspecified atom stereocenters. The van der Waals surface area contributed by atoms with E-state index < -0.39 is 0 Å². The normalized spacial score (nSPS) is 29.1. The van der Waals surface area contributed by atoms with Crippen molar-refractivity contribution in [2.24, 2.45) is 5.92 Å². The van der Waals surface area contributed by atoms with Crippen molar-refractivity contribution in [3.63, 3.8) is 0 Å². The van der Waals surface area contributed by atoms with E-state index >= 15 is 0 Å². The van der Waals surface area contributed by atoms with Crippen LogP contribution in [0.5, 0.6) is 0 Å². The van der Waals surface area contributed by atoms with Gasteiger partial charge < -0.3 is 10.4 Å². The van der Waals surface area contributed by atoms with Gasteiger partial charge in [0.2, 0.25) is 5.91 Å². The molecule has 1 saturated carbocycles. The third-order valence-electron chi connectivity index (χ3n) is 4.82. The van der Waals surface area contributed by atoms with Gasteiger partial charge in [-0.2, -0.15) is 0 Å². The topological polar surface area (TPSA) is 52.6 Å². The van der Waals surface area contributed by atoms with E-state index in [1.807, 2.05) is 13.8 Å². The number of aliphatic hydroxyl groups excluding tert-OH is 1. The molecular weight excluding hydrogens is 240 g/mol. The Morgan fingerprint density at radius 3 is 2.47 bits per heavy atom. The van der Waals surface area contributed by atoms with E-state index in [4.69, 9.17) is 0 Å². The summed E-state index contributed by atoms with van der Waals surface area (Å²) in [5.74, 6) is 0.489. The van der Waals surface area contributed by atoms with E-state index in [2.05, 4.69) is 10.2 Å². The molecule has 19 heavy (non-hydrogen) atoms. The fourth-order valence-electron chi connectivity index (χ4n) is 3.30. The largest absolute Gasteiger partial charge is 0.393 e. The van der Waals surface area contributed by atoms with Crippen molar-refractivity contribution >= 4 is 5.91 Å². The molecule has 0 spiro atoms. The number of amides is 1. The first-order valence-corrected chi connectivity index (χ1v) is 7.80. The van der Waals surface area contributed by atoms with Gasteiger partial charge in [-0.1, -0.05) is 19.3 Å². The zero-order chi connectivity index (χ0) is 13.8. The minimum absolute atomic E-state index is 0.0642. The summed E-state index contributed by atoms with van der Waals surface area (Å²) in [5, 5.41) is 12.8. The van der Waals surface area contributed by atoms with Crippen LogP contribution in [0.25, 0.3) is 0 Å². The molecule has 2 aliphatic rings. The Morgan fingerprint density at radius 1 is 1.21 bits per heavy atom. The summed E-state index contributed by atoms with van der Waals surface area (Å²) in [4.78, 5) is 14.5. The van der Waals surface area contributed by atoms with Gasteiger partial charge in [0.15, 0.2) is 0 Å². The van der Waals surface area contributed by atoms with Crippen LogP contribution in [0, 0.1) is 5.92 Å². The van der Waals surface area contributed by atoms with Crippen LogP contribution in [0.2, 0.25) is 0 Å². The van der Waals surface area contributed by atoms with Gasteiger partial charge in [0, 0.05) is 12.6 Å². The smallest absolute Gasteiger partial charge is 0.237 e. The summed E-state index contributed by atoms with van der Waals surface area (Å²) < 4.78 is 0. The van der Waals surface area contributed by atoms with Crippen LogP contribution in [0.4, 0.5) is 0 Å². The molecule has 1 heterocycles. The number of carbonyl (C=O) groups excluding carboxylic acids is 1. The maximum absolute atomic E-state index is 12.3. The molecule has 0 aromatic carbocycles. The Hall–Kier alpha value is -0.610. The second-order valence-electron chi connectivity index (χ2n) is 6.30. The van der Waals surface area contributed by atoms with Crippen molar-refractivity contribution in [1.82, 2.24) is 10.2 Å². The maximum atomic E-state index is 12.3. The number of likely N-dealkylation sites (tertiary alicyclic amines) is 1. The summed E-state index contributed by atoms with van der Waals surface area (Å²) in [7, 11) is 0. The number of hydrogen-bond acceptors (Lipinski definition) is 3. The van der Waals surface area contributed by atoms with E-state index in [9.17, 15) is 9.90 Å². The van der Waals surface area contributed by atoms with Gasteiger partial charge >= 0.3 is 0 Å². The van der Waals surface area contributed by atoms with Gasteiger partial charge in [0.05, 0.1) is 12.1 Å². The molecule has 0 bridgehead atoms. The standard InChI is InChI=1S/C15H28N2O2/c1-11(17-9-8-13(10-17)12(2)18)15(19)16-14-6-4-3-5-7-14/h11-14,18H,3-10H2,1-2H3,(H,16,19). The highest BCUT2D eigenvalue weighted by Crippen LogP contribution is 2.22. The fourth-order valence-corrected chi connectivity index (χ4v) is 3.30. The lowest BCUT2D eigenvalue weighted by Gasteiger charge is -2.28. The molecule has 2 fully saturated rings. The van der Waals surface area contributed by atoms with Crippen LogP contribution in [-0.4, -0.2) is 47.2 Å². The second-order valence-corrected chi connectivity index (χ2v) is 6.30. The molecule has 4 heteroatoms. The van der Waals surface area contributed by atoms with E-state index in [0.29, 0.717) is 12.0 Å². The summed E-state index contributed by atoms with van der Waals surface area (Å²) in [6.07, 6.45) is 6.80. The number of nitrogens with one attached hydrogen (secondary N) is 1. The molecule has 0 radical (unpaired) electrons. The van der Waals surface area contributed by atoms with E-state index in [-0.39, 0.29) is 18.1 Å². The summed E-state index contributed by atoms with van der Waals surface area (Å²) in [5.41, 5.74) is 0.